The van der Waals surface area contributed by atoms with Gasteiger partial charge in [-0.15, -0.1) is 0 Å². The summed E-state index contributed by atoms with van der Waals surface area (Å²) in [6.07, 6.45) is 1.92. The number of rotatable bonds is 3. The fourth-order valence-corrected chi connectivity index (χ4v) is 3.14. The lowest BCUT2D eigenvalue weighted by Gasteiger charge is -2.23. The maximum atomic E-state index is 11.8. The molecule has 2 aromatic rings. The highest BCUT2D eigenvalue weighted by Gasteiger charge is 2.21. The number of benzene rings is 1. The Morgan fingerprint density at radius 3 is 2.95 bits per heavy atom. The highest BCUT2D eigenvalue weighted by molar-refractivity contribution is 9.10. The van der Waals surface area contributed by atoms with Crippen LogP contribution in [0.2, 0.25) is 0 Å². The Morgan fingerprint density at radius 1 is 1.48 bits per heavy atom. The fourth-order valence-electron chi connectivity index (χ4n) is 2.65. The van der Waals surface area contributed by atoms with E-state index in [4.69, 9.17) is 9.47 Å². The summed E-state index contributed by atoms with van der Waals surface area (Å²) in [5, 5.41) is 5.52. The van der Waals surface area contributed by atoms with Crippen LogP contribution < -0.4 is 0 Å². The molecule has 0 N–H and O–H groups in total. The number of esters is 1. The topological polar surface area (TPSA) is 53.3 Å². The van der Waals surface area contributed by atoms with Gasteiger partial charge in [0.2, 0.25) is 0 Å². The van der Waals surface area contributed by atoms with Gasteiger partial charge in [-0.05, 0) is 53.9 Å². The van der Waals surface area contributed by atoms with E-state index in [0.717, 1.165) is 41.6 Å². The van der Waals surface area contributed by atoms with Gasteiger partial charge >= 0.3 is 5.97 Å². The van der Waals surface area contributed by atoms with Gasteiger partial charge in [0.1, 0.15) is 4.60 Å². The minimum atomic E-state index is -0.301. The van der Waals surface area contributed by atoms with E-state index in [1.54, 1.807) is 13.0 Å². The number of fused-ring (bicyclic) bond motifs is 1. The maximum absolute atomic E-state index is 11.8. The van der Waals surface area contributed by atoms with Gasteiger partial charge in [-0.1, -0.05) is 0 Å². The SMILES string of the molecule is CCOC(=O)c1ccc2c(c1)c(Br)nn2C1CCOCC1. The fraction of sp³-hybridized carbons (Fsp3) is 0.467. The van der Waals surface area contributed by atoms with Crippen molar-refractivity contribution in [2.75, 3.05) is 19.8 Å². The highest BCUT2D eigenvalue weighted by atomic mass is 79.9. The molecule has 1 aromatic heterocycles. The molecule has 0 spiro atoms. The second-order valence-corrected chi connectivity index (χ2v) is 5.78. The van der Waals surface area contributed by atoms with Crippen LogP contribution in [0.1, 0.15) is 36.2 Å². The van der Waals surface area contributed by atoms with Crippen molar-refractivity contribution in [3.63, 3.8) is 0 Å². The Bertz CT molecular complexity index is 662. The summed E-state index contributed by atoms with van der Waals surface area (Å²) >= 11 is 3.49. The van der Waals surface area contributed by atoms with E-state index in [9.17, 15) is 4.79 Å². The van der Waals surface area contributed by atoms with Crippen LogP contribution in [0.4, 0.5) is 0 Å². The molecular weight excluding hydrogens is 336 g/mol. The summed E-state index contributed by atoms with van der Waals surface area (Å²) in [6, 6.07) is 5.92. The second-order valence-electron chi connectivity index (χ2n) is 5.03. The largest absolute Gasteiger partial charge is 0.462 e. The Kier molecular flexibility index (Phi) is 4.26. The van der Waals surface area contributed by atoms with Crippen LogP contribution in [0.25, 0.3) is 10.9 Å². The van der Waals surface area contributed by atoms with Gasteiger partial charge in [0.15, 0.2) is 0 Å². The van der Waals surface area contributed by atoms with Crippen LogP contribution in [0.15, 0.2) is 22.8 Å². The van der Waals surface area contributed by atoms with Crippen LogP contribution in [0, 0.1) is 0 Å². The van der Waals surface area contributed by atoms with Crippen molar-refractivity contribution >= 4 is 32.8 Å². The minimum absolute atomic E-state index is 0.301. The van der Waals surface area contributed by atoms with Crippen LogP contribution in [-0.4, -0.2) is 35.6 Å². The number of nitrogens with zero attached hydrogens (tertiary/aromatic N) is 2. The normalized spacial score (nSPS) is 16.3. The van der Waals surface area contributed by atoms with Crippen LogP contribution in [0.5, 0.6) is 0 Å². The predicted octanol–water partition coefficient (Wildman–Crippen LogP) is 3.33. The molecule has 0 radical (unpaired) electrons. The summed E-state index contributed by atoms with van der Waals surface area (Å²) < 4.78 is 13.2. The Morgan fingerprint density at radius 2 is 2.24 bits per heavy atom. The van der Waals surface area contributed by atoms with Gasteiger partial charge < -0.3 is 9.47 Å². The van der Waals surface area contributed by atoms with Gasteiger partial charge in [-0.3, -0.25) is 4.68 Å². The Labute approximate surface area is 131 Å². The molecule has 0 unspecified atom stereocenters. The average molecular weight is 353 g/mol. The first-order valence-electron chi connectivity index (χ1n) is 7.13. The molecule has 112 valence electrons. The number of ether oxygens (including phenoxy) is 2. The summed E-state index contributed by atoms with van der Waals surface area (Å²) in [4.78, 5) is 11.8. The quantitative estimate of drug-likeness (QED) is 0.795. The molecule has 3 rings (SSSR count). The van der Waals surface area contributed by atoms with Gasteiger partial charge in [0.25, 0.3) is 0 Å². The lowest BCUT2D eigenvalue weighted by atomic mass is 10.1. The lowest BCUT2D eigenvalue weighted by Crippen LogP contribution is -2.20. The number of hydrogen-bond donors (Lipinski definition) is 0. The van der Waals surface area contributed by atoms with E-state index >= 15 is 0 Å². The lowest BCUT2D eigenvalue weighted by molar-refractivity contribution is 0.0526. The van der Waals surface area contributed by atoms with E-state index in [2.05, 4.69) is 21.0 Å². The highest BCUT2D eigenvalue weighted by Crippen LogP contribution is 2.30. The average Bonchev–Trinajstić information content (AvgIpc) is 2.85. The van der Waals surface area contributed by atoms with Crippen molar-refractivity contribution in [3.05, 3.63) is 28.4 Å². The van der Waals surface area contributed by atoms with Crippen LogP contribution in [-0.2, 0) is 9.47 Å². The van der Waals surface area contributed by atoms with E-state index in [-0.39, 0.29) is 5.97 Å². The second kappa shape index (κ2) is 6.15. The zero-order valence-corrected chi connectivity index (χ0v) is 13.4. The van der Waals surface area contributed by atoms with E-state index in [1.807, 2.05) is 16.8 Å². The first-order chi connectivity index (χ1) is 10.2. The zero-order valence-electron chi connectivity index (χ0n) is 11.8. The van der Waals surface area contributed by atoms with Crippen molar-refractivity contribution < 1.29 is 14.3 Å². The molecule has 0 aliphatic carbocycles. The molecule has 0 atom stereocenters. The van der Waals surface area contributed by atoms with Crippen molar-refractivity contribution in [2.24, 2.45) is 0 Å². The molecule has 0 amide bonds. The van der Waals surface area contributed by atoms with Crippen LogP contribution in [0.3, 0.4) is 0 Å². The first-order valence-corrected chi connectivity index (χ1v) is 7.92. The van der Waals surface area contributed by atoms with Crippen molar-refractivity contribution in [1.82, 2.24) is 9.78 Å². The number of aromatic nitrogens is 2. The molecular formula is C15H17BrN2O3. The molecule has 1 aromatic carbocycles. The Balaban J connectivity index is 1.99. The molecule has 21 heavy (non-hydrogen) atoms. The standard InChI is InChI=1S/C15H17BrN2O3/c1-2-21-15(19)10-3-4-13-12(9-10)14(16)17-18(13)11-5-7-20-8-6-11/h3-4,9,11H,2,5-8H2,1H3. The van der Waals surface area contributed by atoms with Crippen molar-refractivity contribution in [3.8, 4) is 0 Å². The Hall–Kier alpha value is -1.40. The summed E-state index contributed by atoms with van der Waals surface area (Å²) in [7, 11) is 0. The zero-order chi connectivity index (χ0) is 14.8. The molecule has 1 aliphatic heterocycles. The van der Waals surface area contributed by atoms with Gasteiger partial charge in [0, 0.05) is 18.6 Å². The van der Waals surface area contributed by atoms with E-state index in [0.29, 0.717) is 18.2 Å². The van der Waals surface area contributed by atoms with Gasteiger partial charge in [0.05, 0.1) is 23.7 Å². The molecule has 6 heteroatoms. The molecule has 0 bridgehead atoms. The molecule has 2 heterocycles. The smallest absolute Gasteiger partial charge is 0.338 e. The predicted molar refractivity (Wildman–Crippen MR) is 82.5 cm³/mol. The number of halogens is 1. The summed E-state index contributed by atoms with van der Waals surface area (Å²) in [5.74, 6) is -0.301. The minimum Gasteiger partial charge on any atom is -0.462 e. The van der Waals surface area contributed by atoms with Crippen LogP contribution >= 0.6 is 15.9 Å². The maximum Gasteiger partial charge on any atom is 0.338 e. The number of hydrogen-bond acceptors (Lipinski definition) is 4. The molecule has 1 saturated heterocycles. The molecule has 1 aliphatic rings. The van der Waals surface area contributed by atoms with Crippen molar-refractivity contribution in [2.45, 2.75) is 25.8 Å². The molecule has 1 fully saturated rings. The number of carbonyl (C=O) groups excluding carboxylic acids is 1. The number of carbonyl (C=O) groups is 1. The van der Waals surface area contributed by atoms with Gasteiger partial charge in [-0.25, -0.2) is 4.79 Å². The van der Waals surface area contributed by atoms with Gasteiger partial charge in [-0.2, -0.15) is 5.10 Å². The molecule has 5 nitrogen and oxygen atoms in total. The van der Waals surface area contributed by atoms with E-state index < -0.39 is 0 Å². The van der Waals surface area contributed by atoms with E-state index in [1.165, 1.54) is 0 Å². The first kappa shape index (κ1) is 14.5. The molecule has 0 saturated carbocycles. The third-order valence-corrected chi connectivity index (χ3v) is 4.29. The summed E-state index contributed by atoms with van der Waals surface area (Å²) in [5.41, 5.74) is 1.58. The third-order valence-electron chi connectivity index (χ3n) is 3.71. The van der Waals surface area contributed by atoms with Crippen molar-refractivity contribution in [1.29, 1.82) is 0 Å². The monoisotopic (exact) mass is 352 g/mol. The third kappa shape index (κ3) is 2.82. The summed E-state index contributed by atoms with van der Waals surface area (Å²) in [6.45, 7) is 3.71.